The van der Waals surface area contributed by atoms with Crippen molar-refractivity contribution in [1.29, 1.82) is 0 Å². The number of likely N-dealkylation sites (tertiary alicyclic amines) is 1. The third kappa shape index (κ3) is 3.47. The zero-order valence-corrected chi connectivity index (χ0v) is 11.8. The molecule has 4 heteroatoms. The van der Waals surface area contributed by atoms with Crippen LogP contribution in [0.1, 0.15) is 25.3 Å². The maximum Gasteiger partial charge on any atom is 0.227 e. The second-order valence-corrected chi connectivity index (χ2v) is 5.26. The van der Waals surface area contributed by atoms with Crippen molar-refractivity contribution >= 4 is 23.6 Å². The van der Waals surface area contributed by atoms with Crippen molar-refractivity contribution in [2.24, 2.45) is 5.92 Å². The van der Waals surface area contributed by atoms with E-state index in [1.54, 1.807) is 4.90 Å². The summed E-state index contributed by atoms with van der Waals surface area (Å²) in [4.78, 5) is 24.5. The third-order valence-corrected chi connectivity index (χ3v) is 3.69. The largest absolute Gasteiger partial charge is 0.345 e. The van der Waals surface area contributed by atoms with Crippen molar-refractivity contribution in [3.8, 4) is 0 Å². The summed E-state index contributed by atoms with van der Waals surface area (Å²) in [5.74, 6) is 0.0330. The Balaban J connectivity index is 1.91. The summed E-state index contributed by atoms with van der Waals surface area (Å²) < 4.78 is 0. The molecule has 0 unspecified atom stereocenters. The number of carbonyl (C=O) groups excluding carboxylic acids is 2. The van der Waals surface area contributed by atoms with E-state index in [2.05, 4.69) is 11.9 Å². The van der Waals surface area contributed by atoms with E-state index in [4.69, 9.17) is 0 Å². The van der Waals surface area contributed by atoms with E-state index in [1.165, 1.54) is 0 Å². The van der Waals surface area contributed by atoms with E-state index in [0.717, 1.165) is 36.1 Å². The van der Waals surface area contributed by atoms with Gasteiger partial charge in [0.25, 0.3) is 0 Å². The molecule has 0 bridgehead atoms. The Bertz CT molecular complexity index is 500. The molecule has 106 valence electrons. The van der Waals surface area contributed by atoms with Gasteiger partial charge >= 0.3 is 0 Å². The highest BCUT2D eigenvalue weighted by atomic mass is 16.2. The zero-order valence-electron chi connectivity index (χ0n) is 11.8. The minimum Gasteiger partial charge on any atom is -0.345 e. The average Bonchev–Trinajstić information content (AvgIpc) is 2.48. The van der Waals surface area contributed by atoms with E-state index in [0.29, 0.717) is 13.1 Å². The van der Waals surface area contributed by atoms with Gasteiger partial charge in [-0.25, -0.2) is 0 Å². The smallest absolute Gasteiger partial charge is 0.227 e. The number of rotatable bonds is 4. The highest BCUT2D eigenvalue weighted by molar-refractivity contribution is 5.92. The van der Waals surface area contributed by atoms with Gasteiger partial charge in [-0.05, 0) is 37.5 Å². The summed E-state index contributed by atoms with van der Waals surface area (Å²) in [7, 11) is 0. The number of carbonyl (C=O) groups is 2. The van der Waals surface area contributed by atoms with Gasteiger partial charge in [0.2, 0.25) is 12.3 Å². The molecule has 0 aliphatic carbocycles. The fourth-order valence-corrected chi connectivity index (χ4v) is 2.35. The Morgan fingerprint density at radius 1 is 1.30 bits per heavy atom. The van der Waals surface area contributed by atoms with Gasteiger partial charge in [-0.15, -0.1) is 0 Å². The number of hydrogen-bond donors (Lipinski definition) is 1. The fourth-order valence-electron chi connectivity index (χ4n) is 2.35. The summed E-state index contributed by atoms with van der Waals surface area (Å²) >= 11 is 0. The van der Waals surface area contributed by atoms with E-state index in [-0.39, 0.29) is 11.8 Å². The number of anilines is 1. The van der Waals surface area contributed by atoms with Gasteiger partial charge in [-0.3, -0.25) is 9.59 Å². The quantitative estimate of drug-likeness (QED) is 0.856. The van der Waals surface area contributed by atoms with Crippen LogP contribution in [-0.2, 0) is 9.59 Å². The molecule has 0 spiro atoms. The van der Waals surface area contributed by atoms with E-state index < -0.39 is 0 Å². The summed E-state index contributed by atoms with van der Waals surface area (Å²) in [6.45, 7) is 7.16. The fraction of sp³-hybridized carbons (Fsp3) is 0.375. The first kappa shape index (κ1) is 14.3. The Morgan fingerprint density at radius 3 is 2.40 bits per heavy atom. The summed E-state index contributed by atoms with van der Waals surface area (Å²) in [5, 5.41) is 2.94. The van der Waals surface area contributed by atoms with Gasteiger partial charge < -0.3 is 10.2 Å². The van der Waals surface area contributed by atoms with Gasteiger partial charge in [-0.2, -0.15) is 0 Å². The summed E-state index contributed by atoms with van der Waals surface area (Å²) in [5.41, 5.74) is 2.88. The number of hydrogen-bond acceptors (Lipinski definition) is 2. The lowest BCUT2D eigenvalue weighted by atomic mass is 9.96. The van der Waals surface area contributed by atoms with Crippen LogP contribution in [0.5, 0.6) is 0 Å². The van der Waals surface area contributed by atoms with Crippen molar-refractivity contribution in [3.63, 3.8) is 0 Å². The predicted molar refractivity (Wildman–Crippen MR) is 80.1 cm³/mol. The van der Waals surface area contributed by atoms with Crippen LogP contribution < -0.4 is 5.32 Å². The minimum absolute atomic E-state index is 0.00739. The summed E-state index contributed by atoms with van der Waals surface area (Å²) in [6.07, 6.45) is 2.31. The van der Waals surface area contributed by atoms with Crippen molar-refractivity contribution < 1.29 is 9.59 Å². The SMILES string of the molecule is C=C(C)c1ccc(NC(=O)C2CCN(C=O)CC2)cc1. The van der Waals surface area contributed by atoms with Crippen LogP contribution in [-0.4, -0.2) is 30.3 Å². The second kappa shape index (κ2) is 6.37. The van der Waals surface area contributed by atoms with Crippen molar-refractivity contribution in [2.75, 3.05) is 18.4 Å². The minimum atomic E-state index is -0.00739. The maximum atomic E-state index is 12.1. The van der Waals surface area contributed by atoms with Crippen LogP contribution in [0, 0.1) is 5.92 Å². The molecular weight excluding hydrogens is 252 g/mol. The molecule has 1 aromatic rings. The third-order valence-electron chi connectivity index (χ3n) is 3.69. The van der Waals surface area contributed by atoms with Crippen LogP contribution in [0.15, 0.2) is 30.8 Å². The number of allylic oxidation sites excluding steroid dienone is 1. The standard InChI is InChI=1S/C16H20N2O2/c1-12(2)13-3-5-15(6-4-13)17-16(20)14-7-9-18(11-19)10-8-14/h3-6,11,14H,1,7-10H2,2H3,(H,17,20). The highest BCUT2D eigenvalue weighted by Gasteiger charge is 2.24. The molecule has 1 aliphatic heterocycles. The van der Waals surface area contributed by atoms with Crippen LogP contribution in [0.3, 0.4) is 0 Å². The van der Waals surface area contributed by atoms with Crippen LogP contribution in [0.2, 0.25) is 0 Å². The van der Waals surface area contributed by atoms with Gasteiger partial charge in [0, 0.05) is 24.7 Å². The Morgan fingerprint density at radius 2 is 1.90 bits per heavy atom. The van der Waals surface area contributed by atoms with E-state index in [9.17, 15) is 9.59 Å². The van der Waals surface area contributed by atoms with Gasteiger partial charge in [0.05, 0.1) is 0 Å². The van der Waals surface area contributed by atoms with E-state index in [1.807, 2.05) is 31.2 Å². The van der Waals surface area contributed by atoms with Gasteiger partial charge in [0.15, 0.2) is 0 Å². The van der Waals surface area contributed by atoms with Gasteiger partial charge in [0.1, 0.15) is 0 Å². The molecule has 1 saturated heterocycles. The first-order valence-electron chi connectivity index (χ1n) is 6.86. The van der Waals surface area contributed by atoms with Crippen LogP contribution >= 0.6 is 0 Å². The first-order chi connectivity index (χ1) is 9.60. The van der Waals surface area contributed by atoms with Crippen molar-refractivity contribution in [3.05, 3.63) is 36.4 Å². The topological polar surface area (TPSA) is 49.4 Å². The first-order valence-corrected chi connectivity index (χ1v) is 6.86. The molecule has 1 fully saturated rings. The molecule has 1 heterocycles. The lowest BCUT2D eigenvalue weighted by molar-refractivity contribution is -0.125. The normalized spacial score (nSPS) is 15.8. The highest BCUT2D eigenvalue weighted by Crippen LogP contribution is 2.20. The number of nitrogens with zero attached hydrogens (tertiary/aromatic N) is 1. The lowest BCUT2D eigenvalue weighted by Gasteiger charge is -2.28. The molecule has 0 atom stereocenters. The molecule has 1 aromatic carbocycles. The van der Waals surface area contributed by atoms with Crippen molar-refractivity contribution in [1.82, 2.24) is 4.90 Å². The molecular formula is C16H20N2O2. The maximum absolute atomic E-state index is 12.1. The zero-order chi connectivity index (χ0) is 14.5. The molecule has 0 aromatic heterocycles. The molecule has 2 amide bonds. The lowest BCUT2D eigenvalue weighted by Crippen LogP contribution is -2.37. The molecule has 4 nitrogen and oxygen atoms in total. The Labute approximate surface area is 119 Å². The average molecular weight is 272 g/mol. The van der Waals surface area contributed by atoms with E-state index >= 15 is 0 Å². The Kier molecular flexibility index (Phi) is 4.56. The summed E-state index contributed by atoms with van der Waals surface area (Å²) in [6, 6.07) is 7.69. The molecule has 20 heavy (non-hydrogen) atoms. The number of amides is 2. The Hall–Kier alpha value is -2.10. The predicted octanol–water partition coefficient (Wildman–Crippen LogP) is 2.53. The molecule has 1 aliphatic rings. The van der Waals surface area contributed by atoms with Gasteiger partial charge in [-0.1, -0.05) is 24.3 Å². The monoisotopic (exact) mass is 272 g/mol. The molecule has 0 saturated carbocycles. The van der Waals surface area contributed by atoms with Crippen LogP contribution in [0.4, 0.5) is 5.69 Å². The number of benzene rings is 1. The van der Waals surface area contributed by atoms with Crippen LogP contribution in [0.25, 0.3) is 5.57 Å². The molecule has 2 rings (SSSR count). The van der Waals surface area contributed by atoms with Crippen molar-refractivity contribution in [2.45, 2.75) is 19.8 Å². The molecule has 1 N–H and O–H groups in total. The second-order valence-electron chi connectivity index (χ2n) is 5.26. The number of nitrogens with one attached hydrogen (secondary N) is 1. The molecule has 0 radical (unpaired) electrons. The number of piperidine rings is 1.